The number of pyridine rings is 2. The Labute approximate surface area is 159 Å². The van der Waals surface area contributed by atoms with E-state index in [0.29, 0.717) is 30.2 Å². The summed E-state index contributed by atoms with van der Waals surface area (Å²) in [6.07, 6.45) is 5.70. The zero-order valence-electron chi connectivity index (χ0n) is 15.9. The van der Waals surface area contributed by atoms with Gasteiger partial charge in [-0.05, 0) is 43.9 Å². The summed E-state index contributed by atoms with van der Waals surface area (Å²) in [6, 6.07) is 10.8. The number of rotatable bonds is 6. The molecule has 140 valence electrons. The van der Waals surface area contributed by atoms with E-state index in [4.69, 9.17) is 4.74 Å². The van der Waals surface area contributed by atoms with Crippen LogP contribution in [0.3, 0.4) is 0 Å². The third kappa shape index (κ3) is 3.47. The van der Waals surface area contributed by atoms with Gasteiger partial charge >= 0.3 is 0 Å². The number of ether oxygens (including phenoxy) is 1. The first kappa shape index (κ1) is 17.7. The van der Waals surface area contributed by atoms with E-state index in [2.05, 4.69) is 41.5 Å². The third-order valence-electron chi connectivity index (χ3n) is 5.21. The molecule has 0 atom stereocenters. The van der Waals surface area contributed by atoms with E-state index < -0.39 is 0 Å². The van der Waals surface area contributed by atoms with Crippen molar-refractivity contribution in [2.24, 2.45) is 0 Å². The molecule has 5 nitrogen and oxygen atoms in total. The summed E-state index contributed by atoms with van der Waals surface area (Å²) in [5.41, 5.74) is 5.11. The molecule has 2 aromatic heterocycles. The van der Waals surface area contributed by atoms with Gasteiger partial charge in [0.15, 0.2) is 5.43 Å². The average Bonchev–Trinajstić information content (AvgIpc) is 3.10. The van der Waals surface area contributed by atoms with Gasteiger partial charge in [-0.25, -0.2) is 4.98 Å². The van der Waals surface area contributed by atoms with Crippen LogP contribution in [-0.2, 0) is 30.7 Å². The van der Waals surface area contributed by atoms with Crippen molar-refractivity contribution < 1.29 is 4.74 Å². The second kappa shape index (κ2) is 7.53. The largest absolute Gasteiger partial charge is 0.380 e. The highest BCUT2D eigenvalue weighted by Crippen LogP contribution is 2.25. The summed E-state index contributed by atoms with van der Waals surface area (Å²) in [5.74, 6) is 0. The first-order valence-corrected chi connectivity index (χ1v) is 9.62. The number of hydrogen-bond acceptors (Lipinski definition) is 4. The predicted molar refractivity (Wildman–Crippen MR) is 108 cm³/mol. The van der Waals surface area contributed by atoms with Crippen molar-refractivity contribution in [3.63, 3.8) is 0 Å². The first-order chi connectivity index (χ1) is 13.2. The highest BCUT2D eigenvalue weighted by Gasteiger charge is 2.21. The zero-order valence-corrected chi connectivity index (χ0v) is 15.9. The molecule has 1 aromatic carbocycles. The van der Waals surface area contributed by atoms with Crippen molar-refractivity contribution in [2.75, 3.05) is 11.9 Å². The standard InChI is InChI=1S/C22H25N3O2/c1-3-25-13-17(14-27-4-2)21(26)20-11-19(12-23-22(20)25)24-18-9-15-7-5-6-8-16(15)10-18/h5-8,11-13,18,24H,3-4,9-10,14H2,1-2H3. The molecule has 5 heteroatoms. The topological polar surface area (TPSA) is 56.1 Å². The van der Waals surface area contributed by atoms with E-state index in [1.54, 1.807) is 0 Å². The third-order valence-corrected chi connectivity index (χ3v) is 5.21. The molecule has 4 rings (SSSR count). The molecule has 2 heterocycles. The molecule has 0 radical (unpaired) electrons. The van der Waals surface area contributed by atoms with E-state index in [-0.39, 0.29) is 5.43 Å². The summed E-state index contributed by atoms with van der Waals surface area (Å²) in [5, 5.41) is 4.21. The smallest absolute Gasteiger partial charge is 0.196 e. The normalized spacial score (nSPS) is 13.9. The van der Waals surface area contributed by atoms with Crippen molar-refractivity contribution in [2.45, 2.75) is 45.9 Å². The fraction of sp³-hybridized carbons (Fsp3) is 0.364. The monoisotopic (exact) mass is 363 g/mol. The molecule has 0 saturated heterocycles. The van der Waals surface area contributed by atoms with Crippen LogP contribution in [0.2, 0.25) is 0 Å². The fourth-order valence-electron chi connectivity index (χ4n) is 3.87. The second-order valence-electron chi connectivity index (χ2n) is 7.02. The average molecular weight is 363 g/mol. The van der Waals surface area contributed by atoms with E-state index in [9.17, 15) is 4.79 Å². The molecule has 0 aliphatic heterocycles. The van der Waals surface area contributed by atoms with Crippen LogP contribution in [0.5, 0.6) is 0 Å². The Morgan fingerprint density at radius 2 is 1.96 bits per heavy atom. The van der Waals surface area contributed by atoms with Gasteiger partial charge in [0, 0.05) is 31.0 Å². The van der Waals surface area contributed by atoms with Crippen molar-refractivity contribution in [3.05, 3.63) is 69.6 Å². The minimum absolute atomic E-state index is 0.00834. The van der Waals surface area contributed by atoms with E-state index >= 15 is 0 Å². The van der Waals surface area contributed by atoms with Crippen molar-refractivity contribution in [1.82, 2.24) is 9.55 Å². The molecule has 0 spiro atoms. The number of anilines is 1. The predicted octanol–water partition coefficient (Wildman–Crippen LogP) is 3.53. The Balaban J connectivity index is 1.65. The summed E-state index contributed by atoms with van der Waals surface area (Å²) >= 11 is 0. The van der Waals surface area contributed by atoms with Gasteiger partial charge in [0.2, 0.25) is 0 Å². The second-order valence-corrected chi connectivity index (χ2v) is 7.02. The van der Waals surface area contributed by atoms with Crippen molar-refractivity contribution >= 4 is 16.7 Å². The zero-order chi connectivity index (χ0) is 18.8. The SMILES string of the molecule is CCOCc1cn(CC)c2ncc(NC3Cc4ccccc4C3)cc2c1=O. The van der Waals surface area contributed by atoms with E-state index in [0.717, 1.165) is 30.7 Å². The quantitative estimate of drug-likeness (QED) is 0.728. The fourth-order valence-corrected chi connectivity index (χ4v) is 3.87. The molecule has 0 saturated carbocycles. The van der Waals surface area contributed by atoms with Crippen LogP contribution in [0.25, 0.3) is 11.0 Å². The Morgan fingerprint density at radius 1 is 1.22 bits per heavy atom. The molecule has 0 amide bonds. The first-order valence-electron chi connectivity index (χ1n) is 9.62. The Bertz CT molecular complexity index is 1000. The van der Waals surface area contributed by atoms with Crippen LogP contribution < -0.4 is 10.7 Å². The van der Waals surface area contributed by atoms with Crippen molar-refractivity contribution in [1.29, 1.82) is 0 Å². The lowest BCUT2D eigenvalue weighted by atomic mass is 10.1. The summed E-state index contributed by atoms with van der Waals surface area (Å²) < 4.78 is 7.49. The van der Waals surface area contributed by atoms with Crippen molar-refractivity contribution in [3.8, 4) is 0 Å². The lowest BCUT2D eigenvalue weighted by molar-refractivity contribution is 0.133. The van der Waals surface area contributed by atoms with Crippen LogP contribution >= 0.6 is 0 Å². The maximum Gasteiger partial charge on any atom is 0.196 e. The Hall–Kier alpha value is -2.66. The molecule has 1 aliphatic carbocycles. The molecule has 27 heavy (non-hydrogen) atoms. The minimum Gasteiger partial charge on any atom is -0.380 e. The minimum atomic E-state index is 0.00834. The molecule has 3 aromatic rings. The van der Waals surface area contributed by atoms with Gasteiger partial charge in [0.1, 0.15) is 5.65 Å². The van der Waals surface area contributed by atoms with Crippen LogP contribution in [0.1, 0.15) is 30.5 Å². The number of nitrogens with one attached hydrogen (secondary N) is 1. The lowest BCUT2D eigenvalue weighted by Crippen LogP contribution is -2.21. The van der Waals surface area contributed by atoms with Crippen LogP contribution in [0, 0.1) is 0 Å². The number of fused-ring (bicyclic) bond motifs is 2. The van der Waals surface area contributed by atoms with Gasteiger partial charge in [-0.3, -0.25) is 4.79 Å². The van der Waals surface area contributed by atoms with Crippen LogP contribution in [-0.4, -0.2) is 22.2 Å². The number of aromatic nitrogens is 2. The van der Waals surface area contributed by atoms with Gasteiger partial charge in [0.05, 0.1) is 23.9 Å². The van der Waals surface area contributed by atoms with Gasteiger partial charge in [-0.2, -0.15) is 0 Å². The molecule has 0 fully saturated rings. The van der Waals surface area contributed by atoms with Gasteiger partial charge < -0.3 is 14.6 Å². The van der Waals surface area contributed by atoms with E-state index in [1.807, 2.05) is 30.0 Å². The molecular weight excluding hydrogens is 338 g/mol. The summed E-state index contributed by atoms with van der Waals surface area (Å²) in [7, 11) is 0. The summed E-state index contributed by atoms with van der Waals surface area (Å²) in [4.78, 5) is 17.5. The van der Waals surface area contributed by atoms with Gasteiger partial charge in [-0.1, -0.05) is 24.3 Å². The number of nitrogens with zero attached hydrogens (tertiary/aromatic N) is 2. The Morgan fingerprint density at radius 3 is 2.63 bits per heavy atom. The molecule has 0 unspecified atom stereocenters. The molecular formula is C22H25N3O2. The highest BCUT2D eigenvalue weighted by atomic mass is 16.5. The number of benzene rings is 1. The molecule has 1 aliphatic rings. The van der Waals surface area contributed by atoms with E-state index in [1.165, 1.54) is 11.1 Å². The molecule has 0 bridgehead atoms. The summed E-state index contributed by atoms with van der Waals surface area (Å²) in [6.45, 7) is 5.67. The number of aryl methyl sites for hydroxylation is 1. The molecule has 1 N–H and O–H groups in total. The van der Waals surface area contributed by atoms with Gasteiger partial charge in [-0.15, -0.1) is 0 Å². The highest BCUT2D eigenvalue weighted by molar-refractivity contribution is 5.79. The maximum atomic E-state index is 12.9. The van der Waals surface area contributed by atoms with Crippen LogP contribution in [0.15, 0.2) is 47.5 Å². The lowest BCUT2D eigenvalue weighted by Gasteiger charge is -2.15. The maximum absolute atomic E-state index is 12.9. The number of hydrogen-bond donors (Lipinski definition) is 1. The van der Waals surface area contributed by atoms with Crippen LogP contribution in [0.4, 0.5) is 5.69 Å². The Kier molecular flexibility index (Phi) is 4.94. The van der Waals surface area contributed by atoms with Gasteiger partial charge in [0.25, 0.3) is 0 Å².